The predicted octanol–water partition coefficient (Wildman–Crippen LogP) is 18.4. The SMILES string of the molecule is CC/C=C\C/C=C\C/C=C\C/C=C\CCCCCCCCCCCCC(=O)OCC(COC(=O)CCCCCCCCCCCCCC)OC(=O)CCCCCCC/C=C\CCCCC. The molecule has 0 aromatic rings. The average Bonchev–Trinajstić information content (AvgIpc) is 3.30. The molecule has 376 valence electrons. The van der Waals surface area contributed by atoms with Gasteiger partial charge in [-0.15, -0.1) is 0 Å². The molecule has 6 nitrogen and oxygen atoms in total. The number of unbranched alkanes of at least 4 members (excludes halogenated alkanes) is 29. The van der Waals surface area contributed by atoms with Gasteiger partial charge in [-0.25, -0.2) is 0 Å². The van der Waals surface area contributed by atoms with Crippen LogP contribution in [0.4, 0.5) is 0 Å². The predicted molar refractivity (Wildman–Crippen MR) is 279 cm³/mol. The van der Waals surface area contributed by atoms with E-state index in [4.69, 9.17) is 14.2 Å². The zero-order valence-electron chi connectivity index (χ0n) is 43.0. The van der Waals surface area contributed by atoms with Crippen molar-refractivity contribution in [1.82, 2.24) is 0 Å². The summed E-state index contributed by atoms with van der Waals surface area (Å²) < 4.78 is 16.8. The highest BCUT2D eigenvalue weighted by Gasteiger charge is 2.19. The molecule has 0 rings (SSSR count). The van der Waals surface area contributed by atoms with E-state index >= 15 is 0 Å². The maximum atomic E-state index is 12.8. The summed E-state index contributed by atoms with van der Waals surface area (Å²) in [5, 5.41) is 0. The van der Waals surface area contributed by atoms with Crippen molar-refractivity contribution >= 4 is 17.9 Å². The number of hydrogen-bond acceptors (Lipinski definition) is 6. The van der Waals surface area contributed by atoms with Gasteiger partial charge in [-0.2, -0.15) is 0 Å². The highest BCUT2D eigenvalue weighted by molar-refractivity contribution is 5.71. The van der Waals surface area contributed by atoms with Crippen molar-refractivity contribution in [3.63, 3.8) is 0 Å². The van der Waals surface area contributed by atoms with Gasteiger partial charge in [0.2, 0.25) is 0 Å². The second kappa shape index (κ2) is 53.7. The van der Waals surface area contributed by atoms with E-state index in [9.17, 15) is 14.4 Å². The van der Waals surface area contributed by atoms with Gasteiger partial charge >= 0.3 is 17.9 Å². The van der Waals surface area contributed by atoms with Crippen molar-refractivity contribution in [1.29, 1.82) is 0 Å². The zero-order valence-corrected chi connectivity index (χ0v) is 43.0. The summed E-state index contributed by atoms with van der Waals surface area (Å²) in [6.45, 7) is 6.51. The molecule has 65 heavy (non-hydrogen) atoms. The zero-order chi connectivity index (χ0) is 47.2. The van der Waals surface area contributed by atoms with E-state index < -0.39 is 6.10 Å². The Bertz CT molecular complexity index is 1180. The van der Waals surface area contributed by atoms with Crippen LogP contribution in [-0.2, 0) is 28.6 Å². The van der Waals surface area contributed by atoms with Crippen LogP contribution in [0.15, 0.2) is 60.8 Å². The first-order valence-corrected chi connectivity index (χ1v) is 27.8. The number of hydrogen-bond donors (Lipinski definition) is 0. The fraction of sp³-hybridized carbons (Fsp3) is 0.780. The molecular weight excluding hydrogens is 805 g/mol. The van der Waals surface area contributed by atoms with Crippen LogP contribution in [0.3, 0.4) is 0 Å². The Kier molecular flexibility index (Phi) is 51.3. The van der Waals surface area contributed by atoms with Gasteiger partial charge in [0.05, 0.1) is 0 Å². The van der Waals surface area contributed by atoms with Crippen molar-refractivity contribution in [2.75, 3.05) is 13.2 Å². The van der Waals surface area contributed by atoms with Gasteiger partial charge in [-0.1, -0.05) is 236 Å². The van der Waals surface area contributed by atoms with Crippen LogP contribution in [0.5, 0.6) is 0 Å². The van der Waals surface area contributed by atoms with Gasteiger partial charge < -0.3 is 14.2 Å². The molecule has 0 amide bonds. The Labute approximate surface area is 402 Å². The molecule has 0 saturated heterocycles. The Hall–Kier alpha value is -2.89. The Morgan fingerprint density at radius 1 is 0.323 bits per heavy atom. The summed E-state index contributed by atoms with van der Waals surface area (Å²) >= 11 is 0. The molecular formula is C59H104O6. The average molecular weight is 909 g/mol. The molecule has 0 N–H and O–H groups in total. The molecule has 0 fully saturated rings. The summed E-state index contributed by atoms with van der Waals surface area (Å²) in [6, 6.07) is 0. The van der Waals surface area contributed by atoms with Crippen LogP contribution < -0.4 is 0 Å². The molecule has 1 unspecified atom stereocenters. The Morgan fingerprint density at radius 2 is 0.600 bits per heavy atom. The number of carbonyl (C=O) groups excluding carboxylic acids is 3. The van der Waals surface area contributed by atoms with E-state index in [1.165, 1.54) is 141 Å². The summed E-state index contributed by atoms with van der Waals surface area (Å²) in [6.07, 6.45) is 66.4. The fourth-order valence-corrected chi connectivity index (χ4v) is 7.84. The Balaban J connectivity index is 4.27. The van der Waals surface area contributed by atoms with E-state index in [1.807, 2.05) is 0 Å². The molecule has 0 aliphatic rings. The summed E-state index contributed by atoms with van der Waals surface area (Å²) in [5.41, 5.74) is 0. The minimum atomic E-state index is -0.777. The molecule has 0 aliphatic carbocycles. The van der Waals surface area contributed by atoms with Crippen molar-refractivity contribution in [3.8, 4) is 0 Å². The molecule has 0 aliphatic heterocycles. The van der Waals surface area contributed by atoms with Crippen LogP contribution in [0.25, 0.3) is 0 Å². The summed E-state index contributed by atoms with van der Waals surface area (Å²) in [4.78, 5) is 38.0. The summed E-state index contributed by atoms with van der Waals surface area (Å²) in [7, 11) is 0. The Morgan fingerprint density at radius 3 is 0.985 bits per heavy atom. The monoisotopic (exact) mass is 909 g/mol. The minimum Gasteiger partial charge on any atom is -0.462 e. The minimum absolute atomic E-state index is 0.0760. The lowest BCUT2D eigenvalue weighted by Gasteiger charge is -2.18. The first-order chi connectivity index (χ1) is 32.0. The third kappa shape index (κ3) is 51.9. The second-order valence-electron chi connectivity index (χ2n) is 18.5. The quantitative estimate of drug-likeness (QED) is 0.0262. The third-order valence-corrected chi connectivity index (χ3v) is 12.0. The van der Waals surface area contributed by atoms with Crippen LogP contribution in [-0.4, -0.2) is 37.2 Å². The normalized spacial score (nSPS) is 12.5. The third-order valence-electron chi connectivity index (χ3n) is 12.0. The second-order valence-corrected chi connectivity index (χ2v) is 18.5. The highest BCUT2D eigenvalue weighted by Crippen LogP contribution is 2.16. The molecule has 1 atom stereocenters. The van der Waals surface area contributed by atoms with Gasteiger partial charge in [-0.3, -0.25) is 14.4 Å². The van der Waals surface area contributed by atoms with Crippen LogP contribution in [0, 0.1) is 0 Å². The van der Waals surface area contributed by atoms with E-state index in [-0.39, 0.29) is 31.1 Å². The standard InChI is InChI=1S/C59H104O6/c1-4-7-10-13-16-19-22-25-26-27-28-29-30-31-32-33-34-35-38-40-43-46-49-52-58(61)64-55-56(65-59(62)53-50-47-44-41-37-24-21-18-15-12-9-6-3)54-63-57(60)51-48-45-42-39-36-23-20-17-14-11-8-5-2/h7,10,16,18-19,21,25-26,28-29,56H,4-6,8-9,11-15,17,20,22-24,27,30-55H2,1-3H3/b10-7-,19-16-,21-18-,26-25-,29-28-. The first kappa shape index (κ1) is 62.1. The molecule has 0 radical (unpaired) electrons. The molecule has 0 aromatic heterocycles. The number of rotatable bonds is 50. The smallest absolute Gasteiger partial charge is 0.306 e. The van der Waals surface area contributed by atoms with Gasteiger partial charge in [0.1, 0.15) is 13.2 Å². The molecule has 6 heteroatoms. The van der Waals surface area contributed by atoms with Crippen molar-refractivity contribution in [3.05, 3.63) is 60.8 Å². The van der Waals surface area contributed by atoms with E-state index in [1.54, 1.807) is 0 Å². The lowest BCUT2D eigenvalue weighted by Crippen LogP contribution is -2.30. The van der Waals surface area contributed by atoms with E-state index in [2.05, 4.69) is 81.5 Å². The highest BCUT2D eigenvalue weighted by atomic mass is 16.6. The lowest BCUT2D eigenvalue weighted by molar-refractivity contribution is -0.167. The molecule has 0 bridgehead atoms. The largest absolute Gasteiger partial charge is 0.462 e. The fourth-order valence-electron chi connectivity index (χ4n) is 7.84. The van der Waals surface area contributed by atoms with Crippen LogP contribution >= 0.6 is 0 Å². The molecule has 0 saturated carbocycles. The van der Waals surface area contributed by atoms with Gasteiger partial charge in [-0.05, 0) is 83.5 Å². The maximum Gasteiger partial charge on any atom is 0.306 e. The maximum absolute atomic E-state index is 12.8. The molecule has 0 aromatic carbocycles. The van der Waals surface area contributed by atoms with Crippen molar-refractivity contribution < 1.29 is 28.6 Å². The van der Waals surface area contributed by atoms with Gasteiger partial charge in [0.25, 0.3) is 0 Å². The van der Waals surface area contributed by atoms with Crippen LogP contribution in [0.1, 0.15) is 278 Å². The number of allylic oxidation sites excluding steroid dienone is 10. The molecule has 0 heterocycles. The topological polar surface area (TPSA) is 78.9 Å². The number of ether oxygens (including phenoxy) is 3. The number of carbonyl (C=O) groups is 3. The van der Waals surface area contributed by atoms with E-state index in [0.29, 0.717) is 19.3 Å². The molecule has 0 spiro atoms. The lowest BCUT2D eigenvalue weighted by atomic mass is 10.0. The number of esters is 3. The van der Waals surface area contributed by atoms with Crippen molar-refractivity contribution in [2.24, 2.45) is 0 Å². The van der Waals surface area contributed by atoms with Crippen LogP contribution in [0.2, 0.25) is 0 Å². The van der Waals surface area contributed by atoms with Crippen molar-refractivity contribution in [2.45, 2.75) is 284 Å². The van der Waals surface area contributed by atoms with E-state index in [0.717, 1.165) is 96.3 Å². The van der Waals surface area contributed by atoms with Gasteiger partial charge in [0, 0.05) is 19.3 Å². The first-order valence-electron chi connectivity index (χ1n) is 27.8. The van der Waals surface area contributed by atoms with Gasteiger partial charge in [0.15, 0.2) is 6.10 Å². The summed E-state index contributed by atoms with van der Waals surface area (Å²) in [5.74, 6) is -0.882.